The summed E-state index contributed by atoms with van der Waals surface area (Å²) in [6, 6.07) is 10.9. The van der Waals surface area contributed by atoms with Gasteiger partial charge in [-0.3, -0.25) is 20.4 Å². The molecular formula is C18H15FN2O5. The molecule has 1 aliphatic rings. The molecule has 134 valence electrons. The van der Waals surface area contributed by atoms with Crippen molar-refractivity contribution in [3.05, 3.63) is 59.9 Å². The molecule has 8 heteroatoms. The number of halogens is 1. The second-order valence-electron chi connectivity index (χ2n) is 5.20. The van der Waals surface area contributed by atoms with Gasteiger partial charge in [-0.05, 0) is 35.9 Å². The minimum atomic E-state index is -0.627. The summed E-state index contributed by atoms with van der Waals surface area (Å²) in [5.41, 5.74) is 5.10. The Bertz CT molecular complexity index is 853. The van der Waals surface area contributed by atoms with Crippen LogP contribution in [-0.4, -0.2) is 25.2 Å². The zero-order valence-corrected chi connectivity index (χ0v) is 13.5. The van der Waals surface area contributed by atoms with E-state index >= 15 is 0 Å². The average molecular weight is 358 g/mol. The summed E-state index contributed by atoms with van der Waals surface area (Å²) < 4.78 is 28.8. The Balaban J connectivity index is 1.43. The molecule has 0 bridgehead atoms. The quantitative estimate of drug-likeness (QED) is 0.629. The number of hydrogen-bond acceptors (Lipinski definition) is 5. The summed E-state index contributed by atoms with van der Waals surface area (Å²) in [6.45, 7) is -0.267. The predicted octanol–water partition coefficient (Wildman–Crippen LogP) is 1.79. The number of ether oxygens (including phenoxy) is 3. The van der Waals surface area contributed by atoms with Crippen molar-refractivity contribution in [2.24, 2.45) is 0 Å². The molecule has 0 aliphatic carbocycles. The number of para-hydroxylation sites is 1. The fourth-order valence-corrected chi connectivity index (χ4v) is 2.10. The maximum absolute atomic E-state index is 13.3. The molecule has 0 saturated carbocycles. The highest BCUT2D eigenvalue weighted by molar-refractivity contribution is 5.93. The Kier molecular flexibility index (Phi) is 5.33. The van der Waals surface area contributed by atoms with Gasteiger partial charge < -0.3 is 14.2 Å². The van der Waals surface area contributed by atoms with Gasteiger partial charge in [0.2, 0.25) is 6.79 Å². The molecule has 0 aromatic heterocycles. The van der Waals surface area contributed by atoms with E-state index in [0.29, 0.717) is 11.5 Å². The SMILES string of the molecule is O=C(/C=C/c1ccc2c(c1)OCO2)NNC(=O)COc1ccccc1F. The van der Waals surface area contributed by atoms with Crippen molar-refractivity contribution in [1.29, 1.82) is 0 Å². The highest BCUT2D eigenvalue weighted by Crippen LogP contribution is 2.32. The van der Waals surface area contributed by atoms with Crippen LogP contribution in [0.2, 0.25) is 0 Å². The summed E-state index contributed by atoms with van der Waals surface area (Å²) in [4.78, 5) is 23.3. The highest BCUT2D eigenvalue weighted by Gasteiger charge is 2.12. The molecular weight excluding hydrogens is 343 g/mol. The summed E-state index contributed by atoms with van der Waals surface area (Å²) in [6.07, 6.45) is 2.80. The molecule has 26 heavy (non-hydrogen) atoms. The Morgan fingerprint density at radius 3 is 2.77 bits per heavy atom. The first-order chi connectivity index (χ1) is 12.6. The maximum atomic E-state index is 13.3. The van der Waals surface area contributed by atoms with Crippen molar-refractivity contribution in [3.8, 4) is 17.2 Å². The zero-order valence-electron chi connectivity index (χ0n) is 13.5. The predicted molar refractivity (Wildman–Crippen MR) is 89.8 cm³/mol. The smallest absolute Gasteiger partial charge is 0.276 e. The third-order valence-corrected chi connectivity index (χ3v) is 3.34. The molecule has 0 fully saturated rings. The number of hydrogen-bond donors (Lipinski definition) is 2. The molecule has 7 nitrogen and oxygen atoms in total. The van der Waals surface area contributed by atoms with Gasteiger partial charge in [-0.1, -0.05) is 18.2 Å². The van der Waals surface area contributed by atoms with Crippen LogP contribution in [0.15, 0.2) is 48.5 Å². The number of amides is 2. The van der Waals surface area contributed by atoms with Crippen LogP contribution < -0.4 is 25.1 Å². The van der Waals surface area contributed by atoms with E-state index in [0.717, 1.165) is 5.56 Å². The number of hydrazine groups is 1. The van der Waals surface area contributed by atoms with Crippen LogP contribution in [-0.2, 0) is 9.59 Å². The molecule has 0 atom stereocenters. The highest BCUT2D eigenvalue weighted by atomic mass is 19.1. The van der Waals surface area contributed by atoms with Crippen molar-refractivity contribution in [2.45, 2.75) is 0 Å². The third kappa shape index (κ3) is 4.50. The fourth-order valence-electron chi connectivity index (χ4n) is 2.10. The number of fused-ring (bicyclic) bond motifs is 1. The van der Waals surface area contributed by atoms with Crippen LogP contribution in [0.25, 0.3) is 6.08 Å². The van der Waals surface area contributed by atoms with Gasteiger partial charge in [0, 0.05) is 6.08 Å². The molecule has 1 heterocycles. The second kappa shape index (κ2) is 8.02. The third-order valence-electron chi connectivity index (χ3n) is 3.34. The molecule has 0 radical (unpaired) electrons. The summed E-state index contributed by atoms with van der Waals surface area (Å²) in [5, 5.41) is 0. The van der Waals surface area contributed by atoms with Crippen molar-refractivity contribution in [1.82, 2.24) is 10.9 Å². The summed E-state index contributed by atoms with van der Waals surface area (Å²) in [7, 11) is 0. The van der Waals surface area contributed by atoms with Crippen LogP contribution in [0.4, 0.5) is 4.39 Å². The van der Waals surface area contributed by atoms with E-state index in [1.165, 1.54) is 24.3 Å². The van der Waals surface area contributed by atoms with E-state index < -0.39 is 24.2 Å². The topological polar surface area (TPSA) is 85.9 Å². The molecule has 0 saturated heterocycles. The van der Waals surface area contributed by atoms with E-state index in [9.17, 15) is 14.0 Å². The molecule has 0 unspecified atom stereocenters. The normalized spacial score (nSPS) is 12.0. The van der Waals surface area contributed by atoms with Gasteiger partial charge in [0.05, 0.1) is 0 Å². The first-order valence-electron chi connectivity index (χ1n) is 7.66. The zero-order chi connectivity index (χ0) is 18.4. The van der Waals surface area contributed by atoms with E-state index in [1.807, 2.05) is 0 Å². The first kappa shape index (κ1) is 17.3. The van der Waals surface area contributed by atoms with Gasteiger partial charge in [0.1, 0.15) is 0 Å². The van der Waals surface area contributed by atoms with Gasteiger partial charge in [-0.2, -0.15) is 0 Å². The van der Waals surface area contributed by atoms with Crippen LogP contribution in [0.3, 0.4) is 0 Å². The minimum Gasteiger partial charge on any atom is -0.481 e. The lowest BCUT2D eigenvalue weighted by Gasteiger charge is -2.08. The Labute approximate surface area is 148 Å². The standard InChI is InChI=1S/C18H15FN2O5/c19-13-3-1-2-4-14(13)24-10-18(23)21-20-17(22)8-6-12-5-7-15-16(9-12)26-11-25-15/h1-9H,10-11H2,(H,20,22)(H,21,23)/b8-6+. The average Bonchev–Trinajstić information content (AvgIpc) is 3.12. The van der Waals surface area contributed by atoms with Gasteiger partial charge in [0.25, 0.3) is 11.8 Å². The molecule has 3 rings (SSSR count). The maximum Gasteiger partial charge on any atom is 0.276 e. The molecule has 0 spiro atoms. The minimum absolute atomic E-state index is 0.0447. The molecule has 2 aromatic carbocycles. The van der Waals surface area contributed by atoms with Gasteiger partial charge in [-0.25, -0.2) is 4.39 Å². The lowest BCUT2D eigenvalue weighted by molar-refractivity contribution is -0.128. The Morgan fingerprint density at radius 2 is 1.92 bits per heavy atom. The van der Waals surface area contributed by atoms with Crippen LogP contribution in [0, 0.1) is 5.82 Å². The first-order valence-corrected chi connectivity index (χ1v) is 7.66. The molecule has 2 amide bonds. The van der Waals surface area contributed by atoms with Crippen molar-refractivity contribution < 1.29 is 28.2 Å². The molecule has 2 aromatic rings. The fraction of sp³-hybridized carbons (Fsp3) is 0.111. The lowest BCUT2D eigenvalue weighted by atomic mass is 10.2. The number of carbonyl (C=O) groups is 2. The Morgan fingerprint density at radius 1 is 1.12 bits per heavy atom. The monoisotopic (exact) mass is 358 g/mol. The van der Waals surface area contributed by atoms with E-state index in [4.69, 9.17) is 14.2 Å². The van der Waals surface area contributed by atoms with Crippen LogP contribution in [0.5, 0.6) is 17.2 Å². The van der Waals surface area contributed by atoms with Crippen LogP contribution in [0.1, 0.15) is 5.56 Å². The van der Waals surface area contributed by atoms with Gasteiger partial charge >= 0.3 is 0 Å². The van der Waals surface area contributed by atoms with E-state index in [1.54, 1.807) is 30.3 Å². The van der Waals surface area contributed by atoms with Crippen molar-refractivity contribution in [2.75, 3.05) is 13.4 Å². The number of carbonyl (C=O) groups excluding carboxylic acids is 2. The van der Waals surface area contributed by atoms with Crippen molar-refractivity contribution >= 4 is 17.9 Å². The summed E-state index contributed by atoms with van der Waals surface area (Å²) >= 11 is 0. The second-order valence-corrected chi connectivity index (χ2v) is 5.20. The van der Waals surface area contributed by atoms with Crippen molar-refractivity contribution in [3.63, 3.8) is 0 Å². The summed E-state index contributed by atoms with van der Waals surface area (Å²) in [5.74, 6) is -0.535. The van der Waals surface area contributed by atoms with E-state index in [2.05, 4.69) is 10.9 Å². The van der Waals surface area contributed by atoms with E-state index in [-0.39, 0.29) is 12.5 Å². The van der Waals surface area contributed by atoms with Crippen LogP contribution >= 0.6 is 0 Å². The number of rotatable bonds is 5. The number of nitrogens with one attached hydrogen (secondary N) is 2. The largest absolute Gasteiger partial charge is 0.481 e. The molecule has 2 N–H and O–H groups in total. The lowest BCUT2D eigenvalue weighted by Crippen LogP contribution is -2.43. The van der Waals surface area contributed by atoms with Gasteiger partial charge in [0.15, 0.2) is 29.7 Å². The van der Waals surface area contributed by atoms with Gasteiger partial charge in [-0.15, -0.1) is 0 Å². The Hall–Kier alpha value is -3.55. The number of benzene rings is 2. The molecule has 1 aliphatic heterocycles.